The number of carbonyl (C=O) groups excluding carboxylic acids is 1. The number of ether oxygens (including phenoxy) is 1. The lowest BCUT2D eigenvalue weighted by Crippen LogP contribution is -2.44. The number of methoxy groups -OCH3 is 1. The topological polar surface area (TPSA) is 50.4 Å². The van der Waals surface area contributed by atoms with Crippen molar-refractivity contribution in [2.45, 2.75) is 25.9 Å². The molecule has 1 rings (SSSR count). The van der Waals surface area contributed by atoms with E-state index in [1.165, 1.54) is 25.3 Å². The first-order chi connectivity index (χ1) is 9.47. The van der Waals surface area contributed by atoms with Gasteiger partial charge in [-0.05, 0) is 26.0 Å². The van der Waals surface area contributed by atoms with Gasteiger partial charge in [0.1, 0.15) is 11.6 Å². The van der Waals surface area contributed by atoms with E-state index < -0.39 is 23.7 Å². The number of hydrogen-bond donors (Lipinski definition) is 2. The van der Waals surface area contributed by atoms with E-state index in [0.29, 0.717) is 13.2 Å². The van der Waals surface area contributed by atoms with Crippen LogP contribution >= 0.6 is 0 Å². The lowest BCUT2D eigenvalue weighted by atomic mass is 10.1. The molecule has 0 bridgehead atoms. The van der Waals surface area contributed by atoms with Gasteiger partial charge in [-0.3, -0.25) is 10.1 Å². The van der Waals surface area contributed by atoms with E-state index in [4.69, 9.17) is 4.74 Å². The van der Waals surface area contributed by atoms with Crippen LogP contribution in [0.25, 0.3) is 0 Å². The predicted molar refractivity (Wildman–Crippen MR) is 72.3 cm³/mol. The van der Waals surface area contributed by atoms with Gasteiger partial charge < -0.3 is 10.1 Å². The lowest BCUT2D eigenvalue weighted by molar-refractivity contribution is -0.123. The predicted octanol–water partition coefficient (Wildman–Crippen LogP) is 1.77. The first-order valence-electron chi connectivity index (χ1n) is 6.44. The second kappa shape index (κ2) is 7.91. The van der Waals surface area contributed by atoms with E-state index in [1.54, 1.807) is 13.8 Å². The third-order valence-electron chi connectivity index (χ3n) is 2.93. The van der Waals surface area contributed by atoms with Gasteiger partial charge in [-0.15, -0.1) is 0 Å². The second-order valence-electron chi connectivity index (χ2n) is 4.53. The summed E-state index contributed by atoms with van der Waals surface area (Å²) in [4.78, 5) is 11.7. The van der Waals surface area contributed by atoms with Crippen molar-refractivity contribution < 1.29 is 18.3 Å². The van der Waals surface area contributed by atoms with Crippen LogP contribution in [0.4, 0.5) is 8.78 Å². The molecule has 1 aromatic rings. The van der Waals surface area contributed by atoms with E-state index >= 15 is 0 Å². The molecule has 0 radical (unpaired) electrons. The van der Waals surface area contributed by atoms with Gasteiger partial charge in [-0.25, -0.2) is 8.78 Å². The van der Waals surface area contributed by atoms with Crippen LogP contribution in [0.1, 0.15) is 25.5 Å². The van der Waals surface area contributed by atoms with Crippen molar-refractivity contribution in [3.63, 3.8) is 0 Å². The molecule has 0 fully saturated rings. The van der Waals surface area contributed by atoms with Gasteiger partial charge in [0.25, 0.3) is 0 Å². The molecule has 0 spiro atoms. The maximum atomic E-state index is 13.6. The van der Waals surface area contributed by atoms with Crippen LogP contribution in [0.15, 0.2) is 18.2 Å². The zero-order valence-corrected chi connectivity index (χ0v) is 11.9. The van der Waals surface area contributed by atoms with Crippen molar-refractivity contribution in [1.82, 2.24) is 10.6 Å². The summed E-state index contributed by atoms with van der Waals surface area (Å²) >= 11 is 0. The van der Waals surface area contributed by atoms with E-state index in [9.17, 15) is 13.6 Å². The third-order valence-corrected chi connectivity index (χ3v) is 2.93. The molecule has 0 aliphatic heterocycles. The summed E-state index contributed by atoms with van der Waals surface area (Å²) in [6.45, 7) is 4.05. The Morgan fingerprint density at radius 2 is 1.90 bits per heavy atom. The van der Waals surface area contributed by atoms with Crippen LogP contribution in [0, 0.1) is 11.6 Å². The van der Waals surface area contributed by atoms with E-state index in [1.807, 2.05) is 0 Å². The van der Waals surface area contributed by atoms with E-state index in [0.717, 1.165) is 0 Å². The average molecular weight is 286 g/mol. The number of hydrogen-bond acceptors (Lipinski definition) is 3. The van der Waals surface area contributed by atoms with Gasteiger partial charge in [0.15, 0.2) is 0 Å². The zero-order valence-electron chi connectivity index (χ0n) is 11.9. The first-order valence-corrected chi connectivity index (χ1v) is 6.44. The lowest BCUT2D eigenvalue weighted by Gasteiger charge is -2.20. The summed E-state index contributed by atoms with van der Waals surface area (Å²) in [5.74, 6) is -1.50. The Bertz CT molecular complexity index is 435. The highest BCUT2D eigenvalue weighted by Crippen LogP contribution is 2.20. The van der Waals surface area contributed by atoms with E-state index in [-0.39, 0.29) is 11.5 Å². The summed E-state index contributed by atoms with van der Waals surface area (Å²) in [6, 6.07) is 2.52. The van der Waals surface area contributed by atoms with Crippen molar-refractivity contribution in [2.24, 2.45) is 0 Å². The Balaban J connectivity index is 2.61. The molecule has 4 nitrogen and oxygen atoms in total. The monoisotopic (exact) mass is 286 g/mol. The average Bonchev–Trinajstić information content (AvgIpc) is 2.38. The molecule has 1 amide bonds. The fourth-order valence-corrected chi connectivity index (χ4v) is 1.89. The SMILES string of the molecule is COCCNC(=O)C(C)NC(C)c1c(F)cccc1F. The van der Waals surface area contributed by atoms with Crippen LogP contribution < -0.4 is 10.6 Å². The van der Waals surface area contributed by atoms with Gasteiger partial charge in [0.2, 0.25) is 5.91 Å². The largest absolute Gasteiger partial charge is 0.383 e. The summed E-state index contributed by atoms with van der Waals surface area (Å²) in [7, 11) is 1.54. The minimum atomic E-state index is -0.628. The highest BCUT2D eigenvalue weighted by atomic mass is 19.1. The molecule has 2 unspecified atom stereocenters. The fraction of sp³-hybridized carbons (Fsp3) is 0.500. The highest BCUT2D eigenvalue weighted by Gasteiger charge is 2.20. The Morgan fingerprint density at radius 1 is 1.30 bits per heavy atom. The minimum absolute atomic E-state index is 0.0657. The number of halogens is 2. The van der Waals surface area contributed by atoms with Crippen molar-refractivity contribution in [2.75, 3.05) is 20.3 Å². The Morgan fingerprint density at radius 3 is 2.45 bits per heavy atom. The molecule has 0 aliphatic carbocycles. The Labute approximate surface area is 117 Å². The molecule has 0 aromatic heterocycles. The molecule has 20 heavy (non-hydrogen) atoms. The van der Waals surface area contributed by atoms with Gasteiger partial charge >= 0.3 is 0 Å². The van der Waals surface area contributed by atoms with Crippen molar-refractivity contribution in [3.05, 3.63) is 35.4 Å². The summed E-state index contributed by atoms with van der Waals surface area (Å²) in [5, 5.41) is 5.53. The van der Waals surface area contributed by atoms with Crippen LogP contribution in [-0.4, -0.2) is 32.2 Å². The van der Waals surface area contributed by atoms with Crippen LogP contribution in [0.5, 0.6) is 0 Å². The van der Waals surface area contributed by atoms with Gasteiger partial charge in [0, 0.05) is 25.3 Å². The normalized spacial score (nSPS) is 13.8. The fourth-order valence-electron chi connectivity index (χ4n) is 1.89. The molecule has 6 heteroatoms. The van der Waals surface area contributed by atoms with Crippen molar-refractivity contribution in [3.8, 4) is 0 Å². The molecular weight excluding hydrogens is 266 g/mol. The molecule has 0 saturated carbocycles. The minimum Gasteiger partial charge on any atom is -0.383 e. The number of carbonyl (C=O) groups is 1. The Kier molecular flexibility index (Phi) is 6.54. The van der Waals surface area contributed by atoms with Crippen LogP contribution in [0.3, 0.4) is 0 Å². The van der Waals surface area contributed by atoms with Gasteiger partial charge in [-0.1, -0.05) is 6.07 Å². The van der Waals surface area contributed by atoms with Crippen LogP contribution in [0.2, 0.25) is 0 Å². The molecule has 0 aliphatic rings. The summed E-state index contributed by atoms with van der Waals surface area (Å²) in [5.41, 5.74) is -0.0657. The number of amides is 1. The smallest absolute Gasteiger partial charge is 0.236 e. The number of benzene rings is 1. The zero-order chi connectivity index (χ0) is 15.1. The summed E-state index contributed by atoms with van der Waals surface area (Å²) < 4.78 is 32.0. The van der Waals surface area contributed by atoms with Crippen LogP contribution in [-0.2, 0) is 9.53 Å². The quantitative estimate of drug-likeness (QED) is 0.751. The third kappa shape index (κ3) is 4.54. The molecular formula is C14H20F2N2O2. The maximum absolute atomic E-state index is 13.6. The molecule has 1 aromatic carbocycles. The van der Waals surface area contributed by atoms with Gasteiger partial charge in [-0.2, -0.15) is 0 Å². The van der Waals surface area contributed by atoms with E-state index in [2.05, 4.69) is 10.6 Å². The summed E-state index contributed by atoms with van der Waals surface area (Å²) in [6.07, 6.45) is 0. The highest BCUT2D eigenvalue weighted by molar-refractivity contribution is 5.81. The number of rotatable bonds is 7. The Hall–Kier alpha value is -1.53. The molecule has 2 N–H and O–H groups in total. The molecule has 0 heterocycles. The maximum Gasteiger partial charge on any atom is 0.236 e. The molecule has 2 atom stereocenters. The van der Waals surface area contributed by atoms with Gasteiger partial charge in [0.05, 0.1) is 12.6 Å². The van der Waals surface area contributed by atoms with Crippen molar-refractivity contribution in [1.29, 1.82) is 0 Å². The standard InChI is InChI=1S/C14H20F2N2O2/c1-9(13-11(15)5-4-6-12(13)16)18-10(2)14(19)17-7-8-20-3/h4-6,9-10,18H,7-8H2,1-3H3,(H,17,19). The number of nitrogens with one attached hydrogen (secondary N) is 2. The molecule has 112 valence electrons. The van der Waals surface area contributed by atoms with Crippen molar-refractivity contribution >= 4 is 5.91 Å². The molecule has 0 saturated heterocycles. The first kappa shape index (κ1) is 16.5. The second-order valence-corrected chi connectivity index (χ2v) is 4.53.